The maximum absolute atomic E-state index is 12.1. The number of hydrogen-bond acceptors (Lipinski definition) is 7. The normalized spacial score (nSPS) is 14.8. The molecule has 0 aliphatic heterocycles. The number of allylic oxidation sites excluding steroid dienone is 1. The van der Waals surface area contributed by atoms with E-state index >= 15 is 0 Å². The Morgan fingerprint density at radius 2 is 2.27 bits per heavy atom. The summed E-state index contributed by atoms with van der Waals surface area (Å²) in [4.78, 5) is 12.1. The van der Waals surface area contributed by atoms with E-state index in [1.54, 1.807) is 19.9 Å². The molecule has 1 aromatic rings. The maximum atomic E-state index is 12.1. The van der Waals surface area contributed by atoms with E-state index in [1.807, 2.05) is 6.92 Å². The molecule has 0 saturated carbocycles. The van der Waals surface area contributed by atoms with Gasteiger partial charge in [0.1, 0.15) is 23.1 Å². The van der Waals surface area contributed by atoms with E-state index < -0.39 is 17.6 Å². The first-order valence-corrected chi connectivity index (χ1v) is 8.30. The van der Waals surface area contributed by atoms with Crippen molar-refractivity contribution in [2.45, 2.75) is 52.2 Å². The third kappa shape index (κ3) is 5.81. The monoisotopic (exact) mass is 362 g/mol. The Morgan fingerprint density at radius 1 is 1.58 bits per heavy atom. The molecule has 1 amide bonds. The predicted octanol–water partition coefficient (Wildman–Crippen LogP) is 1.64. The van der Waals surface area contributed by atoms with Gasteiger partial charge in [0, 0.05) is 30.3 Å². The van der Waals surface area contributed by atoms with Gasteiger partial charge in [0.05, 0.1) is 0 Å². The second kappa shape index (κ2) is 9.87. The summed E-state index contributed by atoms with van der Waals surface area (Å²) in [7, 11) is 0. The van der Waals surface area contributed by atoms with Gasteiger partial charge in [0.2, 0.25) is 0 Å². The Labute approximate surface area is 153 Å². The molecule has 142 valence electrons. The van der Waals surface area contributed by atoms with Gasteiger partial charge in [-0.05, 0) is 33.3 Å². The predicted molar refractivity (Wildman–Crippen MR) is 96.7 cm³/mol. The molecule has 8 nitrogen and oxygen atoms in total. The van der Waals surface area contributed by atoms with Crippen LogP contribution < -0.4 is 10.8 Å². The van der Waals surface area contributed by atoms with Crippen LogP contribution in [-0.4, -0.2) is 39.2 Å². The van der Waals surface area contributed by atoms with Gasteiger partial charge in [0.15, 0.2) is 0 Å². The molecule has 0 saturated heterocycles. The second-order valence-corrected chi connectivity index (χ2v) is 6.17. The molecule has 0 bridgehead atoms. The minimum absolute atomic E-state index is 0.0232. The van der Waals surface area contributed by atoms with Crippen molar-refractivity contribution in [2.75, 3.05) is 6.54 Å². The number of amides is 1. The molecular formula is C18H26N4O4. The molecule has 0 fully saturated rings. The fourth-order valence-corrected chi connectivity index (χ4v) is 2.18. The summed E-state index contributed by atoms with van der Waals surface area (Å²) >= 11 is 0. The minimum atomic E-state index is -1.63. The summed E-state index contributed by atoms with van der Waals surface area (Å²) < 4.78 is 4.92. The van der Waals surface area contributed by atoms with Gasteiger partial charge in [-0.2, -0.15) is 0 Å². The van der Waals surface area contributed by atoms with Gasteiger partial charge in [0.25, 0.3) is 5.91 Å². The lowest BCUT2D eigenvalue weighted by Gasteiger charge is -2.32. The summed E-state index contributed by atoms with van der Waals surface area (Å²) in [5.41, 5.74) is 0.955. The van der Waals surface area contributed by atoms with Crippen molar-refractivity contribution in [3.05, 3.63) is 29.2 Å². The number of aryl methyl sites for hydroxylation is 1. The van der Waals surface area contributed by atoms with Crippen LogP contribution in [0.1, 0.15) is 51.2 Å². The Bertz CT molecular complexity index is 729. The van der Waals surface area contributed by atoms with Crippen LogP contribution in [0.2, 0.25) is 0 Å². The molecule has 8 heteroatoms. The van der Waals surface area contributed by atoms with Gasteiger partial charge < -0.3 is 15.0 Å². The van der Waals surface area contributed by atoms with E-state index in [9.17, 15) is 9.90 Å². The maximum Gasteiger partial charge on any atom is 0.266 e. The van der Waals surface area contributed by atoms with Crippen LogP contribution in [0.15, 0.2) is 22.2 Å². The number of hydroxylamine groups is 1. The van der Waals surface area contributed by atoms with Gasteiger partial charge >= 0.3 is 0 Å². The van der Waals surface area contributed by atoms with Crippen LogP contribution in [0, 0.1) is 24.2 Å². The molecule has 1 unspecified atom stereocenters. The first kappa shape index (κ1) is 21.6. The van der Waals surface area contributed by atoms with Crippen LogP contribution >= 0.6 is 0 Å². The lowest BCUT2D eigenvalue weighted by Crippen LogP contribution is -2.59. The van der Waals surface area contributed by atoms with Gasteiger partial charge in [-0.15, -0.1) is 0 Å². The number of carbonyl (C=O) groups excluding carboxylic acids is 1. The highest BCUT2D eigenvalue weighted by atomic mass is 16.5. The molecule has 0 spiro atoms. The average molecular weight is 362 g/mol. The molecule has 1 rings (SSSR count). The number of unbranched alkanes of at least 4 members (excludes halogenated alkanes) is 1. The largest absolute Gasteiger partial charge is 0.384 e. The van der Waals surface area contributed by atoms with E-state index in [-0.39, 0.29) is 18.0 Å². The average Bonchev–Trinajstić information content (AvgIpc) is 3.04. The van der Waals surface area contributed by atoms with Gasteiger partial charge in [-0.3, -0.25) is 15.3 Å². The first-order valence-electron chi connectivity index (χ1n) is 8.30. The number of hydrogen-bond donors (Lipinski definition) is 5. The highest BCUT2D eigenvalue weighted by molar-refractivity contribution is 5.96. The van der Waals surface area contributed by atoms with E-state index in [0.717, 1.165) is 18.4 Å². The summed E-state index contributed by atoms with van der Waals surface area (Å²) in [5.74, 6) is 5.55. The van der Waals surface area contributed by atoms with Crippen molar-refractivity contribution in [3.63, 3.8) is 0 Å². The van der Waals surface area contributed by atoms with Crippen LogP contribution in [0.5, 0.6) is 0 Å². The Morgan fingerprint density at radius 3 is 2.81 bits per heavy atom. The van der Waals surface area contributed by atoms with Gasteiger partial charge in [-0.1, -0.05) is 23.9 Å². The number of carbonyl (C=O) groups is 1. The van der Waals surface area contributed by atoms with E-state index in [0.29, 0.717) is 5.76 Å². The van der Waals surface area contributed by atoms with Crippen molar-refractivity contribution in [2.24, 2.45) is 0 Å². The standard InChI is InChI=1S/C18H26N4O4/c1-5-6-7-8-12(2)9-14(19)11-20-18(4,17(24)21-25)16(23)15-10-13(3)26-22-15/h9-10,16,19-20,23,25H,5-6,11H2,1-4H3,(H,21,24)/b12-9+,19-14?/t16?,18-/m0/s1. The summed E-state index contributed by atoms with van der Waals surface area (Å²) in [6, 6.07) is 1.49. The van der Waals surface area contributed by atoms with Gasteiger partial charge in [-0.25, -0.2) is 5.48 Å². The fourth-order valence-electron chi connectivity index (χ4n) is 2.18. The smallest absolute Gasteiger partial charge is 0.266 e. The number of aliphatic hydroxyl groups is 1. The molecular weight excluding hydrogens is 336 g/mol. The Hall–Kier alpha value is -2.47. The van der Waals surface area contributed by atoms with Crippen molar-refractivity contribution in [3.8, 4) is 11.8 Å². The zero-order chi connectivity index (χ0) is 19.7. The molecule has 0 aliphatic rings. The second-order valence-electron chi connectivity index (χ2n) is 6.17. The van der Waals surface area contributed by atoms with Crippen molar-refractivity contribution < 1.29 is 19.6 Å². The number of rotatable bonds is 8. The zero-order valence-corrected chi connectivity index (χ0v) is 15.5. The third-order valence-corrected chi connectivity index (χ3v) is 3.74. The number of nitrogens with zero attached hydrogens (tertiary/aromatic N) is 1. The molecule has 1 heterocycles. The number of nitrogens with one attached hydrogen (secondary N) is 3. The molecule has 1 aromatic heterocycles. The van der Waals surface area contributed by atoms with Crippen LogP contribution in [0.3, 0.4) is 0 Å². The zero-order valence-electron chi connectivity index (χ0n) is 15.5. The van der Waals surface area contributed by atoms with Crippen molar-refractivity contribution >= 4 is 11.6 Å². The minimum Gasteiger partial charge on any atom is -0.384 e. The third-order valence-electron chi connectivity index (χ3n) is 3.74. The Balaban J connectivity index is 2.88. The number of aromatic nitrogens is 1. The van der Waals surface area contributed by atoms with Crippen molar-refractivity contribution in [1.82, 2.24) is 16.0 Å². The first-order chi connectivity index (χ1) is 12.2. The topological polar surface area (TPSA) is 131 Å². The highest BCUT2D eigenvalue weighted by Crippen LogP contribution is 2.25. The van der Waals surface area contributed by atoms with Crippen molar-refractivity contribution in [1.29, 1.82) is 5.41 Å². The molecule has 0 aliphatic carbocycles. The van der Waals surface area contributed by atoms with E-state index in [1.165, 1.54) is 18.5 Å². The molecule has 0 aromatic carbocycles. The SMILES string of the molecule is CCCC#C/C(C)=C/C(=N)CN[C@](C)(C(=O)NO)C(O)c1cc(C)on1. The number of aliphatic hydroxyl groups excluding tert-OH is 1. The molecule has 2 atom stereocenters. The van der Waals surface area contributed by atoms with E-state index in [4.69, 9.17) is 15.1 Å². The molecule has 5 N–H and O–H groups in total. The summed E-state index contributed by atoms with van der Waals surface area (Å²) in [6.07, 6.45) is 1.94. The Kier molecular flexibility index (Phi) is 8.19. The lowest BCUT2D eigenvalue weighted by atomic mass is 9.91. The van der Waals surface area contributed by atoms with Crippen LogP contribution in [0.25, 0.3) is 0 Å². The van der Waals surface area contributed by atoms with Crippen LogP contribution in [-0.2, 0) is 4.79 Å². The van der Waals surface area contributed by atoms with Crippen LogP contribution in [0.4, 0.5) is 0 Å². The lowest BCUT2D eigenvalue weighted by molar-refractivity contribution is -0.140. The highest BCUT2D eigenvalue weighted by Gasteiger charge is 2.42. The quantitative estimate of drug-likeness (QED) is 0.207. The summed E-state index contributed by atoms with van der Waals surface area (Å²) in [5, 5.41) is 34.1. The fraction of sp³-hybridized carbons (Fsp3) is 0.500. The molecule has 0 radical (unpaired) electrons. The summed E-state index contributed by atoms with van der Waals surface area (Å²) in [6.45, 7) is 6.87. The molecule has 26 heavy (non-hydrogen) atoms. The van der Waals surface area contributed by atoms with E-state index in [2.05, 4.69) is 22.3 Å².